The van der Waals surface area contributed by atoms with Crippen LogP contribution in [0.25, 0.3) is 0 Å². The number of carbonyl (C=O) groups is 1. The molecule has 0 saturated carbocycles. The van der Waals surface area contributed by atoms with Crippen LogP contribution < -0.4 is 10.6 Å². The van der Waals surface area contributed by atoms with Gasteiger partial charge in [-0.05, 0) is 35.7 Å². The predicted molar refractivity (Wildman–Crippen MR) is 75.7 cm³/mol. The van der Waals surface area contributed by atoms with E-state index in [-0.39, 0.29) is 11.9 Å². The van der Waals surface area contributed by atoms with Crippen molar-refractivity contribution in [3.63, 3.8) is 0 Å². The maximum Gasteiger partial charge on any atom is 0.310 e. The maximum atomic E-state index is 11.8. The Kier molecular flexibility index (Phi) is 4.57. The summed E-state index contributed by atoms with van der Waals surface area (Å²) in [6, 6.07) is 1.65. The van der Waals surface area contributed by atoms with Crippen molar-refractivity contribution in [2.45, 2.75) is 19.8 Å². The fourth-order valence-corrected chi connectivity index (χ4v) is 2.57. The lowest BCUT2D eigenvalue weighted by molar-refractivity contribution is -0.148. The number of nitrogen functional groups attached to an aromatic ring is 1. The molecule has 1 aliphatic heterocycles. The van der Waals surface area contributed by atoms with Crippen LogP contribution in [0.4, 0.5) is 11.8 Å². The number of hydrogen-bond acceptors (Lipinski definition) is 6. The van der Waals surface area contributed by atoms with Crippen molar-refractivity contribution in [3.8, 4) is 0 Å². The highest BCUT2D eigenvalue weighted by Crippen LogP contribution is 2.23. The topological polar surface area (TPSA) is 81.3 Å². The van der Waals surface area contributed by atoms with E-state index in [2.05, 4.69) is 25.9 Å². The summed E-state index contributed by atoms with van der Waals surface area (Å²) in [5.74, 6) is 0.712. The van der Waals surface area contributed by atoms with Gasteiger partial charge in [0, 0.05) is 19.2 Å². The van der Waals surface area contributed by atoms with Crippen molar-refractivity contribution >= 4 is 33.7 Å². The molecular weight excluding hydrogens is 312 g/mol. The van der Waals surface area contributed by atoms with E-state index in [0.29, 0.717) is 29.5 Å². The van der Waals surface area contributed by atoms with Gasteiger partial charge < -0.3 is 15.4 Å². The molecule has 7 heteroatoms. The molecule has 0 aliphatic carbocycles. The Bertz CT molecular complexity index is 449. The van der Waals surface area contributed by atoms with E-state index in [1.165, 1.54) is 0 Å². The molecule has 6 nitrogen and oxygen atoms in total. The summed E-state index contributed by atoms with van der Waals surface area (Å²) in [6.45, 7) is 3.63. The summed E-state index contributed by atoms with van der Waals surface area (Å²) in [4.78, 5) is 22.3. The Morgan fingerprint density at radius 2 is 2.42 bits per heavy atom. The Balaban J connectivity index is 2.10. The Morgan fingerprint density at radius 3 is 3.11 bits per heavy atom. The van der Waals surface area contributed by atoms with Crippen molar-refractivity contribution in [1.29, 1.82) is 0 Å². The highest BCUT2D eigenvalue weighted by Gasteiger charge is 2.28. The van der Waals surface area contributed by atoms with Crippen LogP contribution in [0.1, 0.15) is 19.8 Å². The van der Waals surface area contributed by atoms with Gasteiger partial charge in [0.1, 0.15) is 10.4 Å². The molecule has 1 aromatic rings. The smallest absolute Gasteiger partial charge is 0.310 e. The number of halogens is 1. The molecule has 1 atom stereocenters. The van der Waals surface area contributed by atoms with Gasteiger partial charge in [-0.3, -0.25) is 4.79 Å². The molecule has 1 saturated heterocycles. The van der Waals surface area contributed by atoms with Crippen LogP contribution in [-0.2, 0) is 9.53 Å². The van der Waals surface area contributed by atoms with Crippen LogP contribution >= 0.6 is 15.9 Å². The molecule has 104 valence electrons. The monoisotopic (exact) mass is 328 g/mol. The molecule has 2 heterocycles. The SMILES string of the molecule is CCOC(=O)C1CCCN(c2nc(N)cc(Br)n2)C1. The number of nitrogens with zero attached hydrogens (tertiary/aromatic N) is 3. The number of anilines is 2. The lowest BCUT2D eigenvalue weighted by atomic mass is 9.98. The summed E-state index contributed by atoms with van der Waals surface area (Å²) >= 11 is 3.30. The molecule has 2 N–H and O–H groups in total. The highest BCUT2D eigenvalue weighted by molar-refractivity contribution is 9.10. The molecule has 1 unspecified atom stereocenters. The first-order valence-electron chi connectivity index (χ1n) is 6.31. The normalized spacial score (nSPS) is 19.3. The largest absolute Gasteiger partial charge is 0.466 e. The molecule has 0 bridgehead atoms. The second-order valence-corrected chi connectivity index (χ2v) is 5.27. The fourth-order valence-electron chi connectivity index (χ4n) is 2.18. The van der Waals surface area contributed by atoms with Crippen molar-refractivity contribution < 1.29 is 9.53 Å². The van der Waals surface area contributed by atoms with Crippen LogP contribution in [-0.4, -0.2) is 35.6 Å². The maximum absolute atomic E-state index is 11.8. The van der Waals surface area contributed by atoms with Gasteiger partial charge in [-0.25, -0.2) is 4.98 Å². The molecule has 0 aromatic carbocycles. The van der Waals surface area contributed by atoms with E-state index in [1.54, 1.807) is 6.07 Å². The third-order valence-electron chi connectivity index (χ3n) is 3.03. The van der Waals surface area contributed by atoms with Crippen molar-refractivity contribution in [2.24, 2.45) is 5.92 Å². The molecule has 1 aliphatic rings. The van der Waals surface area contributed by atoms with E-state index in [0.717, 1.165) is 19.4 Å². The standard InChI is InChI=1S/C12H17BrN4O2/c1-2-19-11(18)8-4-3-5-17(7-8)12-15-9(13)6-10(14)16-12/h6,8H,2-5,7H2,1H3,(H2,14,15,16). The van der Waals surface area contributed by atoms with E-state index < -0.39 is 0 Å². The van der Waals surface area contributed by atoms with Gasteiger partial charge in [0.2, 0.25) is 5.95 Å². The molecule has 19 heavy (non-hydrogen) atoms. The number of nitrogens with two attached hydrogens (primary N) is 1. The first-order chi connectivity index (χ1) is 9.10. The third-order valence-corrected chi connectivity index (χ3v) is 3.43. The van der Waals surface area contributed by atoms with Crippen molar-refractivity contribution in [2.75, 3.05) is 30.3 Å². The number of ether oxygens (including phenoxy) is 1. The summed E-state index contributed by atoms with van der Waals surface area (Å²) < 4.78 is 5.72. The summed E-state index contributed by atoms with van der Waals surface area (Å²) in [6.07, 6.45) is 1.76. The summed E-state index contributed by atoms with van der Waals surface area (Å²) in [5.41, 5.74) is 5.71. The zero-order chi connectivity index (χ0) is 13.8. The zero-order valence-electron chi connectivity index (χ0n) is 10.8. The molecule has 2 rings (SSSR count). The van der Waals surface area contributed by atoms with Gasteiger partial charge in [0.05, 0.1) is 12.5 Å². The number of carbonyl (C=O) groups excluding carboxylic acids is 1. The molecule has 0 radical (unpaired) electrons. The van der Waals surface area contributed by atoms with Gasteiger partial charge in [-0.15, -0.1) is 0 Å². The minimum absolute atomic E-state index is 0.113. The van der Waals surface area contributed by atoms with Crippen LogP contribution in [0.15, 0.2) is 10.7 Å². The Labute approximate surface area is 120 Å². The molecule has 1 fully saturated rings. The quantitative estimate of drug-likeness (QED) is 0.670. The molecule has 0 amide bonds. The predicted octanol–water partition coefficient (Wildman–Crippen LogP) is 1.60. The fraction of sp³-hybridized carbons (Fsp3) is 0.583. The van der Waals surface area contributed by atoms with E-state index in [1.807, 2.05) is 11.8 Å². The molecule has 1 aromatic heterocycles. The third kappa shape index (κ3) is 3.56. The van der Waals surface area contributed by atoms with Crippen LogP contribution in [0, 0.1) is 5.92 Å². The lowest BCUT2D eigenvalue weighted by Crippen LogP contribution is -2.40. The first kappa shape index (κ1) is 14.0. The number of aromatic nitrogens is 2. The summed E-state index contributed by atoms with van der Waals surface area (Å²) in [5, 5.41) is 0. The van der Waals surface area contributed by atoms with E-state index >= 15 is 0 Å². The van der Waals surface area contributed by atoms with Crippen LogP contribution in [0.3, 0.4) is 0 Å². The highest BCUT2D eigenvalue weighted by atomic mass is 79.9. The number of esters is 1. The van der Waals surface area contributed by atoms with Gasteiger partial charge in [0.25, 0.3) is 0 Å². The zero-order valence-corrected chi connectivity index (χ0v) is 12.4. The number of hydrogen-bond donors (Lipinski definition) is 1. The lowest BCUT2D eigenvalue weighted by Gasteiger charge is -2.31. The number of piperidine rings is 1. The first-order valence-corrected chi connectivity index (χ1v) is 7.11. The minimum Gasteiger partial charge on any atom is -0.466 e. The van der Waals surface area contributed by atoms with Gasteiger partial charge in [0.15, 0.2) is 0 Å². The van der Waals surface area contributed by atoms with Crippen LogP contribution in [0.2, 0.25) is 0 Å². The van der Waals surface area contributed by atoms with Gasteiger partial charge >= 0.3 is 5.97 Å². The van der Waals surface area contributed by atoms with Gasteiger partial charge in [-0.1, -0.05) is 0 Å². The average molecular weight is 329 g/mol. The van der Waals surface area contributed by atoms with E-state index in [4.69, 9.17) is 10.5 Å². The van der Waals surface area contributed by atoms with Crippen molar-refractivity contribution in [1.82, 2.24) is 9.97 Å². The second kappa shape index (κ2) is 6.18. The minimum atomic E-state index is -0.143. The second-order valence-electron chi connectivity index (χ2n) is 4.45. The average Bonchev–Trinajstić information content (AvgIpc) is 2.38. The van der Waals surface area contributed by atoms with Crippen molar-refractivity contribution in [3.05, 3.63) is 10.7 Å². The molecule has 0 spiro atoms. The number of rotatable bonds is 3. The Morgan fingerprint density at radius 1 is 1.63 bits per heavy atom. The van der Waals surface area contributed by atoms with E-state index in [9.17, 15) is 4.79 Å². The Hall–Kier alpha value is -1.37. The summed E-state index contributed by atoms with van der Waals surface area (Å²) in [7, 11) is 0. The molecular formula is C12H17BrN4O2. The van der Waals surface area contributed by atoms with Gasteiger partial charge in [-0.2, -0.15) is 4.98 Å². The van der Waals surface area contributed by atoms with Crippen LogP contribution in [0.5, 0.6) is 0 Å².